The molecule has 6 nitrogen and oxygen atoms in total. The van der Waals surface area contributed by atoms with Crippen molar-refractivity contribution in [3.05, 3.63) is 23.5 Å². The van der Waals surface area contributed by atoms with Gasteiger partial charge in [0.15, 0.2) is 0 Å². The van der Waals surface area contributed by atoms with Crippen molar-refractivity contribution in [2.24, 2.45) is 18.9 Å². The molecule has 6 heteroatoms. The van der Waals surface area contributed by atoms with Crippen molar-refractivity contribution < 1.29 is 19.5 Å². The van der Waals surface area contributed by atoms with E-state index in [1.165, 1.54) is 0 Å². The van der Waals surface area contributed by atoms with Crippen LogP contribution in [-0.4, -0.2) is 27.5 Å². The maximum absolute atomic E-state index is 11.8. The smallest absolute Gasteiger partial charge is 0.307 e. The van der Waals surface area contributed by atoms with Gasteiger partial charge in [-0.2, -0.15) is 0 Å². The lowest BCUT2D eigenvalue weighted by Gasteiger charge is -2.28. The van der Waals surface area contributed by atoms with Gasteiger partial charge in [-0.1, -0.05) is 0 Å². The van der Waals surface area contributed by atoms with E-state index in [4.69, 9.17) is 0 Å². The van der Waals surface area contributed by atoms with Gasteiger partial charge in [0.25, 0.3) is 0 Å². The molecule has 2 heterocycles. The summed E-state index contributed by atoms with van der Waals surface area (Å²) in [6.45, 7) is 0. The second-order valence-electron chi connectivity index (χ2n) is 4.83. The van der Waals surface area contributed by atoms with Crippen molar-refractivity contribution >= 4 is 17.8 Å². The van der Waals surface area contributed by atoms with E-state index in [1.807, 2.05) is 11.6 Å². The molecule has 1 aliphatic heterocycles. The quantitative estimate of drug-likeness (QED) is 0.664. The van der Waals surface area contributed by atoms with E-state index in [9.17, 15) is 19.5 Å². The zero-order valence-electron chi connectivity index (χ0n) is 9.71. The Hall–Kier alpha value is -2.11. The van der Waals surface area contributed by atoms with Gasteiger partial charge >= 0.3 is 5.97 Å². The number of carboxylic acids is 1. The number of fused-ring (bicyclic) bond motifs is 3. The molecule has 1 aliphatic carbocycles. The highest BCUT2D eigenvalue weighted by Gasteiger charge is 2.53. The number of hydrogen-bond donors (Lipinski definition) is 2. The van der Waals surface area contributed by atoms with Crippen LogP contribution in [0, 0.1) is 11.8 Å². The van der Waals surface area contributed by atoms with Crippen LogP contribution in [0.2, 0.25) is 0 Å². The third-order valence-corrected chi connectivity index (χ3v) is 3.93. The lowest BCUT2D eigenvalue weighted by molar-refractivity contribution is -0.147. The molecule has 0 saturated carbocycles. The molecule has 94 valence electrons. The Morgan fingerprint density at radius 1 is 1.44 bits per heavy atom. The normalized spacial score (nSPS) is 29.7. The van der Waals surface area contributed by atoms with Crippen molar-refractivity contribution in [1.29, 1.82) is 0 Å². The topological polar surface area (TPSA) is 88.4 Å². The molecular formula is C12H12N2O4. The molecule has 1 aromatic heterocycles. The van der Waals surface area contributed by atoms with E-state index in [1.54, 1.807) is 12.3 Å². The van der Waals surface area contributed by atoms with Crippen molar-refractivity contribution in [2.45, 2.75) is 12.3 Å². The van der Waals surface area contributed by atoms with Crippen LogP contribution in [0.1, 0.15) is 17.2 Å². The van der Waals surface area contributed by atoms with E-state index in [2.05, 4.69) is 5.32 Å². The molecule has 0 radical (unpaired) electrons. The van der Waals surface area contributed by atoms with E-state index < -0.39 is 29.6 Å². The number of rotatable bonds is 1. The van der Waals surface area contributed by atoms with Gasteiger partial charge in [-0.3, -0.25) is 19.7 Å². The van der Waals surface area contributed by atoms with Crippen LogP contribution in [0.15, 0.2) is 12.3 Å². The first kappa shape index (κ1) is 11.0. The number of aromatic nitrogens is 1. The lowest BCUT2D eigenvalue weighted by atomic mass is 9.72. The zero-order valence-corrected chi connectivity index (χ0v) is 9.71. The van der Waals surface area contributed by atoms with Crippen LogP contribution in [0.3, 0.4) is 0 Å². The third-order valence-electron chi connectivity index (χ3n) is 3.93. The molecule has 3 atom stereocenters. The Balaban J connectivity index is 2.17. The minimum absolute atomic E-state index is 0.288. The number of carbonyl (C=O) groups excluding carboxylic acids is 2. The number of amides is 2. The second kappa shape index (κ2) is 3.44. The molecule has 0 spiro atoms. The summed E-state index contributed by atoms with van der Waals surface area (Å²) in [6, 6.07) is 1.79. The largest absolute Gasteiger partial charge is 0.481 e. The molecule has 0 bridgehead atoms. The molecule has 1 aromatic rings. The van der Waals surface area contributed by atoms with Crippen molar-refractivity contribution in [2.75, 3.05) is 0 Å². The number of nitrogens with zero attached hydrogens (tertiary/aromatic N) is 1. The number of nitrogens with one attached hydrogen (secondary N) is 1. The fourth-order valence-corrected chi connectivity index (χ4v) is 3.05. The van der Waals surface area contributed by atoms with Crippen molar-refractivity contribution in [1.82, 2.24) is 9.88 Å². The summed E-state index contributed by atoms with van der Waals surface area (Å²) in [7, 11) is 1.81. The fraction of sp³-hybridized carbons (Fsp3) is 0.417. The Bertz CT molecular complexity index is 575. The van der Waals surface area contributed by atoms with E-state index in [0.29, 0.717) is 0 Å². The van der Waals surface area contributed by atoms with Gasteiger partial charge in [-0.15, -0.1) is 0 Å². The maximum atomic E-state index is 11.8. The predicted molar refractivity (Wildman–Crippen MR) is 59.6 cm³/mol. The minimum Gasteiger partial charge on any atom is -0.481 e. The molecular weight excluding hydrogens is 236 g/mol. The predicted octanol–water partition coefficient (Wildman–Crippen LogP) is -0.362. The number of carboxylic acid groups (broad SMARTS) is 1. The molecule has 0 aromatic carbocycles. The molecule has 3 rings (SSSR count). The summed E-state index contributed by atoms with van der Waals surface area (Å²) >= 11 is 0. The average molecular weight is 248 g/mol. The summed E-state index contributed by atoms with van der Waals surface area (Å²) in [4.78, 5) is 34.9. The standard InChI is InChI=1S/C12H12N2O4/c1-14-3-2-5-7(14)4-6(12(17)18)9-8(5)10(15)13-11(9)16/h2-3,6,8-9H,4H2,1H3,(H,17,18)(H,13,15,16). The van der Waals surface area contributed by atoms with Crippen molar-refractivity contribution in [3.8, 4) is 0 Å². The SMILES string of the molecule is Cn1ccc2c1CC(C(=O)O)C1C(=O)NC(=O)C21. The summed E-state index contributed by atoms with van der Waals surface area (Å²) in [5.41, 5.74) is 1.61. The molecule has 2 amide bonds. The summed E-state index contributed by atoms with van der Waals surface area (Å²) < 4.78 is 1.82. The molecule has 1 fully saturated rings. The van der Waals surface area contributed by atoms with Gasteiger partial charge in [0, 0.05) is 25.4 Å². The minimum atomic E-state index is -1.03. The number of carbonyl (C=O) groups is 3. The third kappa shape index (κ3) is 1.25. The highest BCUT2D eigenvalue weighted by Crippen LogP contribution is 2.43. The Kier molecular flexibility index (Phi) is 2.10. The Morgan fingerprint density at radius 3 is 2.83 bits per heavy atom. The lowest BCUT2D eigenvalue weighted by Crippen LogP contribution is -2.37. The molecule has 1 saturated heterocycles. The number of aryl methyl sites for hydroxylation is 1. The molecule has 2 N–H and O–H groups in total. The molecule has 18 heavy (non-hydrogen) atoms. The first-order chi connectivity index (χ1) is 8.50. The van der Waals surface area contributed by atoms with Crippen LogP contribution < -0.4 is 5.32 Å². The average Bonchev–Trinajstić information content (AvgIpc) is 2.80. The molecule has 2 aliphatic rings. The van der Waals surface area contributed by atoms with Gasteiger partial charge < -0.3 is 9.67 Å². The Labute approximate surface area is 103 Å². The van der Waals surface area contributed by atoms with Gasteiger partial charge in [-0.25, -0.2) is 0 Å². The van der Waals surface area contributed by atoms with E-state index in [-0.39, 0.29) is 12.3 Å². The number of imide groups is 1. The summed E-state index contributed by atoms with van der Waals surface area (Å²) in [6.07, 6.45) is 2.08. The highest BCUT2D eigenvalue weighted by atomic mass is 16.4. The van der Waals surface area contributed by atoms with Gasteiger partial charge in [0.05, 0.1) is 17.8 Å². The first-order valence-electron chi connectivity index (χ1n) is 5.72. The van der Waals surface area contributed by atoms with Gasteiger partial charge in [0.1, 0.15) is 0 Å². The van der Waals surface area contributed by atoms with Gasteiger partial charge in [-0.05, 0) is 11.6 Å². The van der Waals surface area contributed by atoms with Crippen LogP contribution in [0.5, 0.6) is 0 Å². The van der Waals surface area contributed by atoms with Crippen molar-refractivity contribution in [3.63, 3.8) is 0 Å². The second-order valence-corrected chi connectivity index (χ2v) is 4.83. The zero-order chi connectivity index (χ0) is 13.0. The first-order valence-corrected chi connectivity index (χ1v) is 5.72. The fourth-order valence-electron chi connectivity index (χ4n) is 3.05. The van der Waals surface area contributed by atoms with Crippen LogP contribution in [0.4, 0.5) is 0 Å². The van der Waals surface area contributed by atoms with Gasteiger partial charge in [0.2, 0.25) is 11.8 Å². The van der Waals surface area contributed by atoms with Crippen LogP contribution >= 0.6 is 0 Å². The van der Waals surface area contributed by atoms with Crippen LogP contribution in [0.25, 0.3) is 0 Å². The highest BCUT2D eigenvalue weighted by molar-refractivity contribution is 6.09. The van der Waals surface area contributed by atoms with E-state index >= 15 is 0 Å². The Morgan fingerprint density at radius 2 is 2.17 bits per heavy atom. The van der Waals surface area contributed by atoms with E-state index in [0.717, 1.165) is 11.3 Å². The molecule has 3 unspecified atom stereocenters. The number of hydrogen-bond acceptors (Lipinski definition) is 3. The summed E-state index contributed by atoms with van der Waals surface area (Å²) in [5, 5.41) is 11.5. The number of aliphatic carboxylic acids is 1. The maximum Gasteiger partial charge on any atom is 0.307 e. The van der Waals surface area contributed by atoms with Crippen LogP contribution in [-0.2, 0) is 27.9 Å². The monoisotopic (exact) mass is 248 g/mol. The summed E-state index contributed by atoms with van der Waals surface area (Å²) in [5.74, 6) is -4.13.